The van der Waals surface area contributed by atoms with Gasteiger partial charge in [0.05, 0.1) is 7.11 Å². The zero-order chi connectivity index (χ0) is 14.8. The van der Waals surface area contributed by atoms with Crippen molar-refractivity contribution in [1.29, 1.82) is 0 Å². The molecule has 1 aromatic carbocycles. The van der Waals surface area contributed by atoms with E-state index in [4.69, 9.17) is 4.74 Å². The molecule has 1 saturated carbocycles. The molecule has 20 heavy (non-hydrogen) atoms. The summed E-state index contributed by atoms with van der Waals surface area (Å²) in [5, 5.41) is 0. The topological polar surface area (TPSA) is 9.23 Å². The summed E-state index contributed by atoms with van der Waals surface area (Å²) in [5.41, 5.74) is 1.63. The molecule has 3 unspecified atom stereocenters. The van der Waals surface area contributed by atoms with Crippen molar-refractivity contribution in [3.05, 3.63) is 29.8 Å². The van der Waals surface area contributed by atoms with Crippen molar-refractivity contribution < 1.29 is 4.74 Å². The Morgan fingerprint density at radius 3 is 2.60 bits per heavy atom. The number of halogens is 1. The van der Waals surface area contributed by atoms with E-state index in [-0.39, 0.29) is 0 Å². The van der Waals surface area contributed by atoms with Crippen LogP contribution in [0.3, 0.4) is 0 Å². The van der Waals surface area contributed by atoms with E-state index in [0.29, 0.717) is 10.2 Å². The SMILES string of the molecule is COc1ccccc1CC(C)(C)C1CCC(C)CC1Br. The molecule has 2 rings (SSSR count). The third-order valence-corrected chi connectivity index (χ3v) is 5.89. The predicted molar refractivity (Wildman–Crippen MR) is 89.7 cm³/mol. The number of benzene rings is 1. The molecule has 0 aromatic heterocycles. The van der Waals surface area contributed by atoms with Gasteiger partial charge in [-0.3, -0.25) is 0 Å². The van der Waals surface area contributed by atoms with Gasteiger partial charge in [-0.2, -0.15) is 0 Å². The van der Waals surface area contributed by atoms with Crippen LogP contribution in [0.25, 0.3) is 0 Å². The van der Waals surface area contributed by atoms with Crippen LogP contribution < -0.4 is 4.74 Å². The van der Waals surface area contributed by atoms with Crippen molar-refractivity contribution in [2.24, 2.45) is 17.3 Å². The normalized spacial score (nSPS) is 27.4. The lowest BCUT2D eigenvalue weighted by molar-refractivity contribution is 0.146. The largest absolute Gasteiger partial charge is 0.496 e. The molecule has 1 fully saturated rings. The molecule has 0 heterocycles. The van der Waals surface area contributed by atoms with E-state index in [1.807, 2.05) is 6.07 Å². The molecule has 112 valence electrons. The molecule has 2 heteroatoms. The molecular formula is C18H27BrO. The second-order valence-corrected chi connectivity index (χ2v) is 8.19. The maximum Gasteiger partial charge on any atom is 0.122 e. The van der Waals surface area contributed by atoms with Gasteiger partial charge in [0.15, 0.2) is 0 Å². The van der Waals surface area contributed by atoms with Crippen molar-refractivity contribution in [1.82, 2.24) is 0 Å². The number of para-hydroxylation sites is 1. The molecule has 0 amide bonds. The van der Waals surface area contributed by atoms with Crippen LogP contribution in [0.5, 0.6) is 5.75 Å². The fraction of sp³-hybridized carbons (Fsp3) is 0.667. The monoisotopic (exact) mass is 338 g/mol. The summed E-state index contributed by atoms with van der Waals surface area (Å²) in [4.78, 5) is 0.649. The summed E-state index contributed by atoms with van der Waals surface area (Å²) in [6.45, 7) is 7.19. The zero-order valence-electron chi connectivity index (χ0n) is 13.2. The van der Waals surface area contributed by atoms with Gasteiger partial charge in [-0.25, -0.2) is 0 Å². The van der Waals surface area contributed by atoms with Crippen LogP contribution in [0.15, 0.2) is 24.3 Å². The van der Waals surface area contributed by atoms with E-state index in [1.165, 1.54) is 24.8 Å². The third kappa shape index (κ3) is 3.58. The van der Waals surface area contributed by atoms with Crippen LogP contribution in [0.2, 0.25) is 0 Å². The van der Waals surface area contributed by atoms with Crippen molar-refractivity contribution >= 4 is 15.9 Å². The van der Waals surface area contributed by atoms with Gasteiger partial charge in [-0.05, 0) is 48.1 Å². The van der Waals surface area contributed by atoms with Gasteiger partial charge in [-0.15, -0.1) is 0 Å². The summed E-state index contributed by atoms with van der Waals surface area (Å²) in [6, 6.07) is 8.43. The van der Waals surface area contributed by atoms with Gasteiger partial charge in [0, 0.05) is 4.83 Å². The van der Waals surface area contributed by atoms with Crippen LogP contribution in [0, 0.1) is 17.3 Å². The molecule has 0 saturated heterocycles. The Bertz CT molecular complexity index is 441. The molecular weight excluding hydrogens is 312 g/mol. The summed E-state index contributed by atoms with van der Waals surface area (Å²) < 4.78 is 5.51. The molecule has 1 aromatic rings. The molecule has 0 spiro atoms. The standard InChI is InChI=1S/C18H27BrO/c1-13-9-10-15(16(19)11-13)18(2,3)12-14-7-5-6-8-17(14)20-4/h5-8,13,15-16H,9-12H2,1-4H3. The first kappa shape index (κ1) is 15.9. The maximum absolute atomic E-state index is 5.51. The first-order valence-electron chi connectivity index (χ1n) is 7.70. The predicted octanol–water partition coefficient (Wildman–Crippen LogP) is 5.46. The third-order valence-electron chi connectivity index (χ3n) is 4.88. The first-order chi connectivity index (χ1) is 9.44. The van der Waals surface area contributed by atoms with Crippen LogP contribution in [-0.4, -0.2) is 11.9 Å². The number of methoxy groups -OCH3 is 1. The van der Waals surface area contributed by atoms with Gasteiger partial charge in [0.25, 0.3) is 0 Å². The summed E-state index contributed by atoms with van der Waals surface area (Å²) in [6.07, 6.45) is 5.08. The number of alkyl halides is 1. The van der Waals surface area contributed by atoms with E-state index < -0.39 is 0 Å². The number of hydrogen-bond donors (Lipinski definition) is 0. The molecule has 1 aliphatic carbocycles. The fourth-order valence-corrected chi connectivity index (χ4v) is 5.28. The van der Waals surface area contributed by atoms with Crippen LogP contribution in [-0.2, 0) is 6.42 Å². The molecule has 0 radical (unpaired) electrons. The van der Waals surface area contributed by atoms with E-state index in [2.05, 4.69) is 54.9 Å². The summed E-state index contributed by atoms with van der Waals surface area (Å²) >= 11 is 3.95. The molecule has 1 aliphatic rings. The van der Waals surface area contributed by atoms with Crippen molar-refractivity contribution in [3.8, 4) is 5.75 Å². The van der Waals surface area contributed by atoms with Gasteiger partial charge in [-0.1, -0.05) is 61.3 Å². The second-order valence-electron chi connectivity index (χ2n) is 7.02. The Labute approximate surface area is 132 Å². The minimum Gasteiger partial charge on any atom is -0.496 e. The number of hydrogen-bond acceptors (Lipinski definition) is 1. The van der Waals surface area contributed by atoms with Crippen LogP contribution >= 0.6 is 15.9 Å². The average molecular weight is 339 g/mol. The fourth-order valence-electron chi connectivity index (χ4n) is 3.66. The van der Waals surface area contributed by atoms with Crippen LogP contribution in [0.1, 0.15) is 45.6 Å². The Balaban J connectivity index is 2.14. The molecule has 0 N–H and O–H groups in total. The smallest absolute Gasteiger partial charge is 0.122 e. The maximum atomic E-state index is 5.51. The van der Waals surface area contributed by atoms with Gasteiger partial charge in [0.1, 0.15) is 5.75 Å². The van der Waals surface area contributed by atoms with Crippen molar-refractivity contribution in [3.63, 3.8) is 0 Å². The Kier molecular flexibility index (Phi) is 5.17. The van der Waals surface area contributed by atoms with Gasteiger partial charge < -0.3 is 4.74 Å². The zero-order valence-corrected chi connectivity index (χ0v) is 14.7. The first-order valence-corrected chi connectivity index (χ1v) is 8.61. The molecule has 3 atom stereocenters. The second kappa shape index (κ2) is 6.51. The van der Waals surface area contributed by atoms with E-state index in [9.17, 15) is 0 Å². The highest BCUT2D eigenvalue weighted by atomic mass is 79.9. The number of rotatable bonds is 4. The summed E-state index contributed by atoms with van der Waals surface area (Å²) in [5.74, 6) is 2.62. The highest BCUT2D eigenvalue weighted by Crippen LogP contribution is 2.45. The van der Waals surface area contributed by atoms with E-state index in [0.717, 1.165) is 24.0 Å². The lowest BCUT2D eigenvalue weighted by atomic mass is 9.66. The Hall–Kier alpha value is -0.500. The van der Waals surface area contributed by atoms with Gasteiger partial charge >= 0.3 is 0 Å². The van der Waals surface area contributed by atoms with E-state index >= 15 is 0 Å². The van der Waals surface area contributed by atoms with Gasteiger partial charge in [0.2, 0.25) is 0 Å². The Morgan fingerprint density at radius 2 is 1.95 bits per heavy atom. The molecule has 0 bridgehead atoms. The molecule has 1 nitrogen and oxygen atoms in total. The highest BCUT2D eigenvalue weighted by molar-refractivity contribution is 9.09. The minimum atomic E-state index is 0.295. The van der Waals surface area contributed by atoms with Crippen LogP contribution in [0.4, 0.5) is 0 Å². The molecule has 0 aliphatic heterocycles. The Morgan fingerprint density at radius 1 is 1.25 bits per heavy atom. The van der Waals surface area contributed by atoms with E-state index in [1.54, 1.807) is 7.11 Å². The quantitative estimate of drug-likeness (QED) is 0.662. The highest BCUT2D eigenvalue weighted by Gasteiger charge is 2.38. The number of ether oxygens (including phenoxy) is 1. The van der Waals surface area contributed by atoms with Crippen molar-refractivity contribution in [2.45, 2.75) is 51.3 Å². The summed E-state index contributed by atoms with van der Waals surface area (Å²) in [7, 11) is 1.77. The lowest BCUT2D eigenvalue weighted by Gasteiger charge is -2.42. The lowest BCUT2D eigenvalue weighted by Crippen LogP contribution is -2.37. The van der Waals surface area contributed by atoms with Crippen molar-refractivity contribution in [2.75, 3.05) is 7.11 Å². The minimum absolute atomic E-state index is 0.295. The average Bonchev–Trinajstić information content (AvgIpc) is 2.38.